The Balaban J connectivity index is 1.40. The van der Waals surface area contributed by atoms with Crippen molar-refractivity contribution in [2.45, 2.75) is 18.3 Å². The summed E-state index contributed by atoms with van der Waals surface area (Å²) >= 11 is 0. The molecule has 1 aromatic heterocycles. The van der Waals surface area contributed by atoms with Gasteiger partial charge in [-0.25, -0.2) is 9.48 Å². The van der Waals surface area contributed by atoms with E-state index in [0.29, 0.717) is 25.4 Å². The minimum Gasteiger partial charge on any atom is -0.381 e. The first-order valence-corrected chi connectivity index (χ1v) is 9.53. The molecule has 4 rings (SSSR count). The summed E-state index contributed by atoms with van der Waals surface area (Å²) in [5, 5.41) is 10.2. The number of nitrogens with one attached hydrogen (secondary N) is 2. The number of hydrogen-bond donors (Lipinski definition) is 2. The largest absolute Gasteiger partial charge is 0.381 e. The topological polar surface area (TPSA) is 68.2 Å². The molecule has 3 aromatic rings. The van der Waals surface area contributed by atoms with Crippen molar-refractivity contribution >= 4 is 11.7 Å². The average Bonchev–Trinajstić information content (AvgIpc) is 3.23. The predicted molar refractivity (Wildman–Crippen MR) is 109 cm³/mol. The maximum Gasteiger partial charge on any atom is 0.319 e. The van der Waals surface area contributed by atoms with Crippen molar-refractivity contribution in [1.29, 1.82) is 0 Å². The van der Waals surface area contributed by atoms with Crippen molar-refractivity contribution in [1.82, 2.24) is 15.1 Å². The van der Waals surface area contributed by atoms with Gasteiger partial charge < -0.3 is 15.4 Å². The first-order valence-electron chi connectivity index (χ1n) is 9.53. The van der Waals surface area contributed by atoms with Crippen LogP contribution in [0.3, 0.4) is 0 Å². The molecular formula is C22H24N4O2. The Kier molecular flexibility index (Phi) is 5.39. The molecule has 0 saturated carbocycles. The summed E-state index contributed by atoms with van der Waals surface area (Å²) in [6.07, 6.45) is 5.23. The molecule has 0 spiro atoms. The van der Waals surface area contributed by atoms with E-state index in [1.54, 1.807) is 17.1 Å². The highest BCUT2D eigenvalue weighted by molar-refractivity contribution is 5.89. The lowest BCUT2D eigenvalue weighted by molar-refractivity contribution is 0.0508. The molecule has 2 N–H and O–H groups in total. The third-order valence-corrected chi connectivity index (χ3v) is 5.28. The highest BCUT2D eigenvalue weighted by Gasteiger charge is 2.34. The number of nitrogens with zero attached hydrogens (tertiary/aromatic N) is 2. The minimum absolute atomic E-state index is 0.0922. The summed E-state index contributed by atoms with van der Waals surface area (Å²) in [5.41, 5.74) is 2.75. The number of anilines is 1. The van der Waals surface area contributed by atoms with Crippen LogP contribution >= 0.6 is 0 Å². The second kappa shape index (κ2) is 8.27. The minimum atomic E-state index is -0.227. The van der Waals surface area contributed by atoms with Gasteiger partial charge in [0, 0.05) is 25.2 Å². The first-order chi connectivity index (χ1) is 13.8. The molecule has 1 saturated heterocycles. The molecule has 6 nitrogen and oxygen atoms in total. The molecule has 144 valence electrons. The molecule has 2 amide bonds. The number of hydrogen-bond acceptors (Lipinski definition) is 3. The summed E-state index contributed by atoms with van der Waals surface area (Å²) in [5.74, 6) is 0. The van der Waals surface area contributed by atoms with E-state index < -0.39 is 0 Å². The molecule has 28 heavy (non-hydrogen) atoms. The van der Waals surface area contributed by atoms with Crippen LogP contribution in [-0.2, 0) is 10.2 Å². The second-order valence-electron chi connectivity index (χ2n) is 7.08. The fourth-order valence-electron chi connectivity index (χ4n) is 3.66. The molecule has 6 heteroatoms. The number of rotatable bonds is 5. The third kappa shape index (κ3) is 4.07. The Bertz CT molecular complexity index is 903. The van der Waals surface area contributed by atoms with Gasteiger partial charge in [-0.15, -0.1) is 0 Å². The number of para-hydroxylation sites is 1. The zero-order chi connectivity index (χ0) is 19.2. The highest BCUT2D eigenvalue weighted by atomic mass is 16.5. The van der Waals surface area contributed by atoms with E-state index in [2.05, 4.69) is 27.9 Å². The van der Waals surface area contributed by atoms with Gasteiger partial charge in [0.2, 0.25) is 0 Å². The zero-order valence-corrected chi connectivity index (χ0v) is 15.7. The van der Waals surface area contributed by atoms with Crippen LogP contribution in [0, 0.1) is 0 Å². The van der Waals surface area contributed by atoms with Crippen LogP contribution in [0.1, 0.15) is 18.4 Å². The SMILES string of the molecule is O=C(NCC1(c2ccccc2)CCOCC1)Nc1cnn(-c2ccccc2)c1. The quantitative estimate of drug-likeness (QED) is 0.713. The molecule has 0 radical (unpaired) electrons. The summed E-state index contributed by atoms with van der Waals surface area (Å²) in [4.78, 5) is 12.5. The van der Waals surface area contributed by atoms with Crippen molar-refractivity contribution in [3.8, 4) is 5.69 Å². The van der Waals surface area contributed by atoms with Crippen molar-refractivity contribution < 1.29 is 9.53 Å². The van der Waals surface area contributed by atoms with Gasteiger partial charge >= 0.3 is 6.03 Å². The Morgan fingerprint density at radius 2 is 1.71 bits per heavy atom. The maximum atomic E-state index is 12.5. The number of urea groups is 1. The van der Waals surface area contributed by atoms with Crippen LogP contribution in [0.4, 0.5) is 10.5 Å². The van der Waals surface area contributed by atoms with Gasteiger partial charge in [-0.1, -0.05) is 48.5 Å². The van der Waals surface area contributed by atoms with Crippen LogP contribution in [-0.4, -0.2) is 35.6 Å². The number of carbonyl (C=O) groups excluding carboxylic acids is 1. The lowest BCUT2D eigenvalue weighted by Crippen LogP contribution is -2.45. The zero-order valence-electron chi connectivity index (χ0n) is 15.7. The molecule has 2 heterocycles. The van der Waals surface area contributed by atoms with Crippen LogP contribution in [0.2, 0.25) is 0 Å². The lowest BCUT2D eigenvalue weighted by Gasteiger charge is -2.37. The molecule has 0 atom stereocenters. The van der Waals surface area contributed by atoms with Gasteiger partial charge in [-0.3, -0.25) is 0 Å². The van der Waals surface area contributed by atoms with E-state index in [-0.39, 0.29) is 11.4 Å². The molecule has 1 fully saturated rings. The van der Waals surface area contributed by atoms with Crippen molar-refractivity contribution in [3.05, 3.63) is 78.6 Å². The second-order valence-corrected chi connectivity index (χ2v) is 7.08. The van der Waals surface area contributed by atoms with E-state index in [1.165, 1.54) is 5.56 Å². The van der Waals surface area contributed by atoms with Crippen molar-refractivity contribution in [3.63, 3.8) is 0 Å². The highest BCUT2D eigenvalue weighted by Crippen LogP contribution is 2.34. The number of ether oxygens (including phenoxy) is 1. The monoisotopic (exact) mass is 376 g/mol. The van der Waals surface area contributed by atoms with E-state index in [1.807, 2.05) is 48.5 Å². The smallest absolute Gasteiger partial charge is 0.319 e. The first kappa shape index (κ1) is 18.3. The summed E-state index contributed by atoms with van der Waals surface area (Å²) in [6, 6.07) is 19.9. The predicted octanol–water partition coefficient (Wildman–Crippen LogP) is 3.74. The summed E-state index contributed by atoms with van der Waals surface area (Å²) in [7, 11) is 0. The van der Waals surface area contributed by atoms with E-state index in [0.717, 1.165) is 18.5 Å². The maximum absolute atomic E-state index is 12.5. The Labute approximate surface area is 164 Å². The summed E-state index contributed by atoms with van der Waals surface area (Å²) in [6.45, 7) is 1.99. The van der Waals surface area contributed by atoms with E-state index >= 15 is 0 Å². The van der Waals surface area contributed by atoms with Crippen molar-refractivity contribution in [2.75, 3.05) is 25.1 Å². The lowest BCUT2D eigenvalue weighted by atomic mass is 9.74. The van der Waals surface area contributed by atoms with Gasteiger partial charge in [0.05, 0.1) is 23.8 Å². The van der Waals surface area contributed by atoms with E-state index in [9.17, 15) is 4.79 Å². The standard InChI is InChI=1S/C22H24N4O2/c27-21(25-19-15-24-26(16-19)20-9-5-2-6-10-20)23-17-22(11-13-28-14-12-22)18-7-3-1-4-8-18/h1-10,15-16H,11-14,17H2,(H2,23,25,27). The Hall–Kier alpha value is -3.12. The Morgan fingerprint density at radius 1 is 1.04 bits per heavy atom. The molecule has 0 aliphatic carbocycles. The van der Waals surface area contributed by atoms with Crippen LogP contribution in [0.15, 0.2) is 73.1 Å². The van der Waals surface area contributed by atoms with Gasteiger partial charge in [0.15, 0.2) is 0 Å². The molecule has 0 unspecified atom stereocenters. The van der Waals surface area contributed by atoms with Gasteiger partial charge in [0.1, 0.15) is 0 Å². The fourth-order valence-corrected chi connectivity index (χ4v) is 3.66. The van der Waals surface area contributed by atoms with Gasteiger partial charge in [-0.2, -0.15) is 5.10 Å². The summed E-state index contributed by atoms with van der Waals surface area (Å²) < 4.78 is 7.29. The number of aromatic nitrogens is 2. The van der Waals surface area contributed by atoms with Gasteiger partial charge in [0.25, 0.3) is 0 Å². The normalized spacial score (nSPS) is 15.7. The third-order valence-electron chi connectivity index (χ3n) is 5.28. The van der Waals surface area contributed by atoms with Crippen LogP contribution < -0.4 is 10.6 Å². The van der Waals surface area contributed by atoms with Crippen LogP contribution in [0.25, 0.3) is 5.69 Å². The number of benzene rings is 2. The fraction of sp³-hybridized carbons (Fsp3) is 0.273. The Morgan fingerprint density at radius 3 is 2.43 bits per heavy atom. The van der Waals surface area contributed by atoms with Crippen molar-refractivity contribution in [2.24, 2.45) is 0 Å². The number of carbonyl (C=O) groups is 1. The number of amides is 2. The molecular weight excluding hydrogens is 352 g/mol. The van der Waals surface area contributed by atoms with Gasteiger partial charge in [-0.05, 0) is 30.5 Å². The van der Waals surface area contributed by atoms with E-state index in [4.69, 9.17) is 4.74 Å². The molecule has 0 bridgehead atoms. The molecule has 2 aromatic carbocycles. The average molecular weight is 376 g/mol. The van der Waals surface area contributed by atoms with Crippen LogP contribution in [0.5, 0.6) is 0 Å². The molecule has 1 aliphatic rings. The molecule has 1 aliphatic heterocycles.